The van der Waals surface area contributed by atoms with E-state index in [1.165, 1.54) is 23.3 Å². The van der Waals surface area contributed by atoms with Gasteiger partial charge in [0, 0.05) is 30.5 Å². The molecule has 1 N–H and O–H groups in total. The topological polar surface area (TPSA) is 75.7 Å². The van der Waals surface area contributed by atoms with Crippen LogP contribution in [0, 0.1) is 0 Å². The maximum atomic E-state index is 11.9. The minimum Gasteiger partial charge on any atom is -0.468 e. The van der Waals surface area contributed by atoms with Crippen LogP contribution in [0.5, 0.6) is 0 Å². The van der Waals surface area contributed by atoms with Gasteiger partial charge in [0.1, 0.15) is 6.54 Å². The second-order valence-corrected chi connectivity index (χ2v) is 4.78. The van der Waals surface area contributed by atoms with Crippen molar-refractivity contribution in [3.63, 3.8) is 0 Å². The Morgan fingerprint density at radius 1 is 1.40 bits per heavy atom. The summed E-state index contributed by atoms with van der Waals surface area (Å²) in [5, 5.41) is 6.22. The number of rotatable bonds is 7. The van der Waals surface area contributed by atoms with E-state index in [9.17, 15) is 14.4 Å². The Bertz CT molecular complexity index is 459. The van der Waals surface area contributed by atoms with E-state index in [1.54, 1.807) is 18.4 Å². The number of likely N-dealkylation sites (N-methyl/N-ethyl adjacent to an activating group) is 1. The molecule has 0 aliphatic rings. The van der Waals surface area contributed by atoms with Gasteiger partial charge in [-0.2, -0.15) is 11.3 Å². The number of carbonyl (C=O) groups is 3. The summed E-state index contributed by atoms with van der Waals surface area (Å²) in [5.74, 6) is -0.846. The van der Waals surface area contributed by atoms with Crippen molar-refractivity contribution < 1.29 is 19.1 Å². The Morgan fingerprint density at radius 2 is 2.15 bits per heavy atom. The number of nitrogens with zero attached hydrogens (tertiary/aromatic N) is 1. The molecule has 2 amide bonds. The minimum atomic E-state index is -0.456. The SMILES string of the molecule is CCN(CC(=O)OC)C(=O)CCNC(=O)c1ccsc1. The van der Waals surface area contributed by atoms with E-state index >= 15 is 0 Å². The number of ether oxygens (including phenoxy) is 1. The van der Waals surface area contributed by atoms with E-state index in [2.05, 4.69) is 10.1 Å². The lowest BCUT2D eigenvalue weighted by molar-refractivity contribution is -0.146. The van der Waals surface area contributed by atoms with Gasteiger partial charge in [0.15, 0.2) is 0 Å². The molecule has 1 aromatic rings. The minimum absolute atomic E-state index is 0.0652. The highest BCUT2D eigenvalue weighted by Gasteiger charge is 2.15. The van der Waals surface area contributed by atoms with Crippen LogP contribution < -0.4 is 5.32 Å². The van der Waals surface area contributed by atoms with Gasteiger partial charge in [-0.25, -0.2) is 0 Å². The average molecular weight is 298 g/mol. The Morgan fingerprint density at radius 3 is 2.70 bits per heavy atom. The zero-order valence-electron chi connectivity index (χ0n) is 11.5. The fraction of sp³-hybridized carbons (Fsp3) is 0.462. The van der Waals surface area contributed by atoms with Crippen LogP contribution in [0.25, 0.3) is 0 Å². The summed E-state index contributed by atoms with van der Waals surface area (Å²) in [5.41, 5.74) is 0.587. The fourth-order valence-electron chi connectivity index (χ4n) is 1.53. The fourth-order valence-corrected chi connectivity index (χ4v) is 2.17. The van der Waals surface area contributed by atoms with Crippen molar-refractivity contribution in [2.45, 2.75) is 13.3 Å². The smallest absolute Gasteiger partial charge is 0.325 e. The van der Waals surface area contributed by atoms with Crippen LogP contribution >= 0.6 is 11.3 Å². The lowest BCUT2D eigenvalue weighted by Crippen LogP contribution is -2.38. The van der Waals surface area contributed by atoms with Gasteiger partial charge >= 0.3 is 5.97 Å². The number of thiophene rings is 1. The number of amides is 2. The first-order chi connectivity index (χ1) is 9.58. The molecule has 1 heterocycles. The summed E-state index contributed by atoms with van der Waals surface area (Å²) >= 11 is 1.44. The second-order valence-electron chi connectivity index (χ2n) is 4.00. The Hall–Kier alpha value is -1.89. The van der Waals surface area contributed by atoms with Crippen molar-refractivity contribution in [2.75, 3.05) is 26.7 Å². The molecular formula is C13H18N2O4S. The molecule has 0 bridgehead atoms. The highest BCUT2D eigenvalue weighted by molar-refractivity contribution is 7.08. The van der Waals surface area contributed by atoms with Crippen LogP contribution in [-0.4, -0.2) is 49.4 Å². The molecule has 0 saturated carbocycles. The standard InChI is InChI=1S/C13H18N2O4S/c1-3-15(8-12(17)19-2)11(16)4-6-14-13(18)10-5-7-20-9-10/h5,7,9H,3-4,6,8H2,1-2H3,(H,14,18). The molecule has 0 aliphatic carbocycles. The number of esters is 1. The molecule has 0 aromatic carbocycles. The van der Waals surface area contributed by atoms with Crippen LogP contribution in [0.3, 0.4) is 0 Å². The predicted molar refractivity (Wildman–Crippen MR) is 75.5 cm³/mol. The lowest BCUT2D eigenvalue weighted by atomic mass is 10.3. The molecule has 110 valence electrons. The van der Waals surface area contributed by atoms with Crippen LogP contribution in [0.1, 0.15) is 23.7 Å². The van der Waals surface area contributed by atoms with E-state index in [-0.39, 0.29) is 31.3 Å². The van der Waals surface area contributed by atoms with E-state index < -0.39 is 5.97 Å². The first kappa shape index (κ1) is 16.2. The molecule has 0 saturated heterocycles. The van der Waals surface area contributed by atoms with Gasteiger partial charge in [-0.15, -0.1) is 0 Å². The third kappa shape index (κ3) is 5.00. The van der Waals surface area contributed by atoms with E-state index in [4.69, 9.17) is 0 Å². The summed E-state index contributed by atoms with van der Waals surface area (Å²) in [6.45, 7) is 2.38. The number of hydrogen-bond donors (Lipinski definition) is 1. The van der Waals surface area contributed by atoms with Gasteiger partial charge < -0.3 is 15.0 Å². The number of carbonyl (C=O) groups excluding carboxylic acids is 3. The summed E-state index contributed by atoms with van der Waals surface area (Å²) in [7, 11) is 1.28. The zero-order valence-corrected chi connectivity index (χ0v) is 12.4. The summed E-state index contributed by atoms with van der Waals surface area (Å²) in [4.78, 5) is 36.0. The first-order valence-corrected chi connectivity index (χ1v) is 7.17. The van der Waals surface area contributed by atoms with Crippen molar-refractivity contribution in [1.29, 1.82) is 0 Å². The lowest BCUT2D eigenvalue weighted by Gasteiger charge is -2.19. The molecule has 7 heteroatoms. The molecule has 0 spiro atoms. The second kappa shape index (κ2) is 8.31. The van der Waals surface area contributed by atoms with Gasteiger partial charge in [-0.3, -0.25) is 14.4 Å². The van der Waals surface area contributed by atoms with E-state index in [0.717, 1.165) is 0 Å². The van der Waals surface area contributed by atoms with Crippen LogP contribution in [0.4, 0.5) is 0 Å². The molecule has 1 aromatic heterocycles. The molecule has 6 nitrogen and oxygen atoms in total. The van der Waals surface area contributed by atoms with Crippen molar-refractivity contribution in [3.8, 4) is 0 Å². The van der Waals surface area contributed by atoms with Gasteiger partial charge in [0.2, 0.25) is 5.91 Å². The molecule has 0 unspecified atom stereocenters. The Balaban J connectivity index is 2.34. The highest BCUT2D eigenvalue weighted by Crippen LogP contribution is 2.05. The number of hydrogen-bond acceptors (Lipinski definition) is 5. The van der Waals surface area contributed by atoms with Crippen LogP contribution in [0.2, 0.25) is 0 Å². The molecular weight excluding hydrogens is 280 g/mol. The molecule has 20 heavy (non-hydrogen) atoms. The number of methoxy groups -OCH3 is 1. The largest absolute Gasteiger partial charge is 0.468 e. The summed E-state index contributed by atoms with van der Waals surface area (Å²) in [6.07, 6.45) is 0.153. The molecule has 0 radical (unpaired) electrons. The maximum absolute atomic E-state index is 11.9. The maximum Gasteiger partial charge on any atom is 0.325 e. The third-order valence-corrected chi connectivity index (χ3v) is 3.37. The summed E-state index contributed by atoms with van der Waals surface area (Å²) in [6, 6.07) is 1.72. The number of nitrogens with one attached hydrogen (secondary N) is 1. The van der Waals surface area contributed by atoms with Crippen LogP contribution in [0.15, 0.2) is 16.8 Å². The van der Waals surface area contributed by atoms with Crippen molar-refractivity contribution in [1.82, 2.24) is 10.2 Å². The third-order valence-electron chi connectivity index (χ3n) is 2.69. The summed E-state index contributed by atoms with van der Waals surface area (Å²) < 4.78 is 4.52. The molecule has 1 rings (SSSR count). The zero-order chi connectivity index (χ0) is 15.0. The van der Waals surface area contributed by atoms with Crippen molar-refractivity contribution in [3.05, 3.63) is 22.4 Å². The molecule has 0 fully saturated rings. The van der Waals surface area contributed by atoms with Crippen molar-refractivity contribution >= 4 is 29.1 Å². The Kier molecular flexibility index (Phi) is 6.72. The van der Waals surface area contributed by atoms with Gasteiger partial charge in [0.25, 0.3) is 5.91 Å². The molecule has 0 atom stereocenters. The normalized spacial score (nSPS) is 9.90. The average Bonchev–Trinajstić information content (AvgIpc) is 2.98. The highest BCUT2D eigenvalue weighted by atomic mass is 32.1. The Labute approximate surface area is 121 Å². The van der Waals surface area contributed by atoms with Gasteiger partial charge in [-0.05, 0) is 18.4 Å². The van der Waals surface area contributed by atoms with Crippen molar-refractivity contribution in [2.24, 2.45) is 0 Å². The van der Waals surface area contributed by atoms with E-state index in [0.29, 0.717) is 12.1 Å². The monoisotopic (exact) mass is 298 g/mol. The van der Waals surface area contributed by atoms with Gasteiger partial charge in [0.05, 0.1) is 7.11 Å². The van der Waals surface area contributed by atoms with Crippen LogP contribution in [-0.2, 0) is 14.3 Å². The quantitative estimate of drug-likeness (QED) is 0.759. The first-order valence-electron chi connectivity index (χ1n) is 6.23. The predicted octanol–water partition coefficient (Wildman–Crippen LogP) is 0.889. The molecule has 0 aliphatic heterocycles. The van der Waals surface area contributed by atoms with E-state index in [1.807, 2.05) is 5.38 Å². The van der Waals surface area contributed by atoms with Gasteiger partial charge in [-0.1, -0.05) is 0 Å².